The van der Waals surface area contributed by atoms with E-state index in [-0.39, 0.29) is 11.4 Å². The van der Waals surface area contributed by atoms with Crippen molar-refractivity contribution >= 4 is 46.2 Å². The van der Waals surface area contributed by atoms with Crippen LogP contribution in [0.5, 0.6) is 0 Å². The van der Waals surface area contributed by atoms with E-state index in [1.165, 1.54) is 18.3 Å². The quantitative estimate of drug-likeness (QED) is 0.125. The van der Waals surface area contributed by atoms with Crippen molar-refractivity contribution in [3.8, 4) is 11.8 Å². The molecule has 2 aromatic heterocycles. The minimum Gasteiger partial charge on any atom is -0.339 e. The van der Waals surface area contributed by atoms with Crippen molar-refractivity contribution in [3.05, 3.63) is 94.3 Å². The summed E-state index contributed by atoms with van der Waals surface area (Å²) in [5.41, 5.74) is 0.594. The maximum Gasteiger partial charge on any atom is 0.199 e. The van der Waals surface area contributed by atoms with E-state index in [1.54, 1.807) is 36.4 Å². The third-order valence-electron chi connectivity index (χ3n) is 5.22. The lowest BCUT2D eigenvalue weighted by molar-refractivity contribution is 0.416. The molecule has 12 heteroatoms. The summed E-state index contributed by atoms with van der Waals surface area (Å²) in [5, 5.41) is 19.9. The highest BCUT2D eigenvalue weighted by Gasteiger charge is 2.24. The summed E-state index contributed by atoms with van der Waals surface area (Å²) in [5.74, 6) is -6.46. The molecule has 0 spiro atoms. The topological polar surface area (TPSA) is 94.7 Å². The van der Waals surface area contributed by atoms with Gasteiger partial charge in [0, 0.05) is 22.6 Å². The Balaban J connectivity index is 1.40. The number of hydrogen-bond acceptors (Lipinski definition) is 5. The number of benzene rings is 3. The average molecular weight is 510 g/mol. The van der Waals surface area contributed by atoms with E-state index in [0.29, 0.717) is 27.8 Å². The van der Waals surface area contributed by atoms with Crippen molar-refractivity contribution in [1.29, 1.82) is 5.26 Å². The van der Waals surface area contributed by atoms with Gasteiger partial charge in [-0.25, -0.2) is 27.5 Å². The van der Waals surface area contributed by atoms with Crippen LogP contribution in [0.4, 0.5) is 34.9 Å². The van der Waals surface area contributed by atoms with Crippen LogP contribution in [-0.4, -0.2) is 26.0 Å². The number of halogens is 5. The summed E-state index contributed by atoms with van der Waals surface area (Å²) < 4.78 is 56.6. The van der Waals surface area contributed by atoms with Crippen molar-refractivity contribution in [3.63, 3.8) is 0 Å². The SMILES string of the molecule is N#Cc1c(N=Cc2ccc(-n3cnc4c(F)c(F)c(F)c(F)c43)cc2)n[nH]c1Nc1cccc(Cl)c1. The zero-order valence-electron chi connectivity index (χ0n) is 17.9. The second-order valence-electron chi connectivity index (χ2n) is 7.46. The molecule has 0 saturated carbocycles. The first-order valence-corrected chi connectivity index (χ1v) is 10.6. The van der Waals surface area contributed by atoms with E-state index in [2.05, 4.69) is 25.5 Å². The fourth-order valence-electron chi connectivity index (χ4n) is 3.50. The van der Waals surface area contributed by atoms with Gasteiger partial charge >= 0.3 is 0 Å². The Hall–Kier alpha value is -4.69. The molecule has 0 saturated heterocycles. The van der Waals surface area contributed by atoms with Gasteiger partial charge in [0.25, 0.3) is 0 Å². The van der Waals surface area contributed by atoms with Crippen molar-refractivity contribution < 1.29 is 17.6 Å². The van der Waals surface area contributed by atoms with E-state index >= 15 is 0 Å². The van der Waals surface area contributed by atoms with Crippen LogP contribution in [0.25, 0.3) is 16.7 Å². The van der Waals surface area contributed by atoms with E-state index < -0.39 is 34.3 Å². The zero-order valence-corrected chi connectivity index (χ0v) is 18.7. The lowest BCUT2D eigenvalue weighted by Crippen LogP contribution is -2.01. The standard InChI is InChI=1S/C24H12ClF4N7/c25-13-2-1-3-14(8-13)33-24-16(9-30)23(34-35-24)31-10-12-4-6-15(7-5-12)36-11-32-21-19(28)17(26)18(27)20(29)22(21)36/h1-8,10-11H,(H2,33,34,35). The molecule has 2 heterocycles. The van der Waals surface area contributed by atoms with Gasteiger partial charge in [-0.2, -0.15) is 10.4 Å². The maximum atomic E-state index is 14.3. The number of fused-ring (bicyclic) bond motifs is 1. The molecule has 178 valence electrons. The van der Waals surface area contributed by atoms with E-state index in [1.807, 2.05) is 6.07 Å². The Labute approximate surface area is 205 Å². The summed E-state index contributed by atoms with van der Waals surface area (Å²) in [6.45, 7) is 0. The first kappa shape index (κ1) is 23.1. The molecule has 7 nitrogen and oxygen atoms in total. The summed E-state index contributed by atoms with van der Waals surface area (Å²) in [6.07, 6.45) is 2.52. The van der Waals surface area contributed by atoms with Gasteiger partial charge in [-0.05, 0) is 35.9 Å². The van der Waals surface area contributed by atoms with Crippen LogP contribution in [0, 0.1) is 34.6 Å². The molecular formula is C24H12ClF4N7. The Morgan fingerprint density at radius 2 is 1.78 bits per heavy atom. The number of nitrogens with zero attached hydrogens (tertiary/aromatic N) is 5. The summed E-state index contributed by atoms with van der Waals surface area (Å²) in [4.78, 5) is 7.91. The Morgan fingerprint density at radius 1 is 1.03 bits per heavy atom. The molecule has 36 heavy (non-hydrogen) atoms. The molecule has 0 aliphatic carbocycles. The highest BCUT2D eigenvalue weighted by molar-refractivity contribution is 6.30. The van der Waals surface area contributed by atoms with E-state index in [9.17, 15) is 22.8 Å². The van der Waals surface area contributed by atoms with Crippen LogP contribution in [-0.2, 0) is 0 Å². The predicted octanol–water partition coefficient (Wildman–Crippen LogP) is 6.32. The molecule has 0 bridgehead atoms. The van der Waals surface area contributed by atoms with Crippen LogP contribution in [0.1, 0.15) is 11.1 Å². The molecule has 2 N–H and O–H groups in total. The normalized spacial score (nSPS) is 11.3. The van der Waals surface area contributed by atoms with E-state index in [0.717, 1.165) is 10.9 Å². The number of nitriles is 1. The van der Waals surface area contributed by atoms with Gasteiger partial charge in [-0.15, -0.1) is 0 Å². The first-order valence-electron chi connectivity index (χ1n) is 10.2. The largest absolute Gasteiger partial charge is 0.339 e. The van der Waals surface area contributed by atoms with Gasteiger partial charge in [0.1, 0.15) is 34.8 Å². The second kappa shape index (κ2) is 9.16. The van der Waals surface area contributed by atoms with Crippen LogP contribution in [0.2, 0.25) is 5.02 Å². The zero-order chi connectivity index (χ0) is 25.4. The molecule has 3 aromatic carbocycles. The number of imidazole rings is 1. The van der Waals surface area contributed by atoms with Gasteiger partial charge in [0.2, 0.25) is 0 Å². The van der Waals surface area contributed by atoms with Gasteiger partial charge in [-0.3, -0.25) is 9.67 Å². The van der Waals surface area contributed by atoms with E-state index in [4.69, 9.17) is 11.6 Å². The van der Waals surface area contributed by atoms with Crippen LogP contribution in [0.15, 0.2) is 59.9 Å². The highest BCUT2D eigenvalue weighted by Crippen LogP contribution is 2.29. The van der Waals surface area contributed by atoms with Crippen molar-refractivity contribution in [2.75, 3.05) is 5.32 Å². The molecule has 0 atom stereocenters. The van der Waals surface area contributed by atoms with Crippen molar-refractivity contribution in [1.82, 2.24) is 19.7 Å². The number of H-pyrrole nitrogens is 1. The highest BCUT2D eigenvalue weighted by atomic mass is 35.5. The number of rotatable bonds is 5. The number of aromatic amines is 1. The molecule has 0 aliphatic heterocycles. The average Bonchev–Trinajstić information content (AvgIpc) is 3.49. The van der Waals surface area contributed by atoms with Crippen LogP contribution in [0.3, 0.4) is 0 Å². The third kappa shape index (κ3) is 4.03. The Kier molecular flexibility index (Phi) is 5.87. The maximum absolute atomic E-state index is 14.3. The summed E-state index contributed by atoms with van der Waals surface area (Å²) >= 11 is 5.98. The predicted molar refractivity (Wildman–Crippen MR) is 126 cm³/mol. The summed E-state index contributed by atoms with van der Waals surface area (Å²) in [7, 11) is 0. The van der Waals surface area contributed by atoms with Gasteiger partial charge in [0.05, 0.1) is 0 Å². The van der Waals surface area contributed by atoms with Crippen LogP contribution < -0.4 is 5.32 Å². The van der Waals surface area contributed by atoms with Gasteiger partial charge in [0.15, 0.2) is 29.1 Å². The fraction of sp³-hybridized carbons (Fsp3) is 0. The number of anilines is 2. The van der Waals surface area contributed by atoms with Crippen molar-refractivity contribution in [2.45, 2.75) is 0 Å². The lowest BCUT2D eigenvalue weighted by Gasteiger charge is -2.07. The molecule has 0 radical (unpaired) electrons. The summed E-state index contributed by atoms with van der Waals surface area (Å²) in [6, 6.07) is 15.2. The molecule has 0 amide bonds. The Bertz CT molecular complexity index is 1680. The number of hydrogen-bond donors (Lipinski definition) is 2. The van der Waals surface area contributed by atoms with Gasteiger partial charge in [-0.1, -0.05) is 29.8 Å². The molecule has 0 aliphatic rings. The van der Waals surface area contributed by atoms with Gasteiger partial charge < -0.3 is 5.32 Å². The van der Waals surface area contributed by atoms with Crippen LogP contribution >= 0.6 is 11.6 Å². The smallest absolute Gasteiger partial charge is 0.199 e. The van der Waals surface area contributed by atoms with Crippen molar-refractivity contribution in [2.24, 2.45) is 4.99 Å². The first-order chi connectivity index (χ1) is 17.4. The minimum absolute atomic E-state index is 0.141. The third-order valence-corrected chi connectivity index (χ3v) is 5.46. The second-order valence-corrected chi connectivity index (χ2v) is 7.90. The molecule has 5 aromatic rings. The molecule has 0 fully saturated rings. The lowest BCUT2D eigenvalue weighted by atomic mass is 10.2. The minimum atomic E-state index is -1.92. The number of nitrogens with one attached hydrogen (secondary N) is 2. The molecule has 5 rings (SSSR count). The fourth-order valence-corrected chi connectivity index (χ4v) is 3.69. The number of aliphatic imine (C=N–C) groups is 1. The number of aromatic nitrogens is 4. The monoisotopic (exact) mass is 509 g/mol. The molecular weight excluding hydrogens is 498 g/mol. The Morgan fingerprint density at radius 3 is 2.50 bits per heavy atom. The molecule has 0 unspecified atom stereocenters.